The van der Waals surface area contributed by atoms with Gasteiger partial charge in [-0.2, -0.15) is 0 Å². The highest BCUT2D eigenvalue weighted by atomic mass is 28.4. The lowest BCUT2D eigenvalue weighted by Gasteiger charge is -2.42. The van der Waals surface area contributed by atoms with Gasteiger partial charge >= 0.3 is 0 Å². The molecule has 0 spiro atoms. The molecule has 0 rings (SSSR count). The van der Waals surface area contributed by atoms with E-state index >= 15 is 0 Å². The zero-order chi connectivity index (χ0) is 15.1. The highest BCUT2D eigenvalue weighted by molar-refractivity contribution is 6.77. The highest BCUT2D eigenvalue weighted by Crippen LogP contribution is 2.42. The van der Waals surface area contributed by atoms with E-state index in [1.54, 1.807) is 6.08 Å². The average molecular weight is 285 g/mol. The summed E-state index contributed by atoms with van der Waals surface area (Å²) in [5.41, 5.74) is 3.07. The Morgan fingerprint density at radius 2 is 1.53 bits per heavy atom. The summed E-state index contributed by atoms with van der Waals surface area (Å²) in [6.07, 6.45) is 5.65. The van der Waals surface area contributed by atoms with Crippen molar-refractivity contribution in [1.29, 1.82) is 0 Å². The van der Waals surface area contributed by atoms with Crippen molar-refractivity contribution in [2.24, 2.45) is 0 Å². The standard InChI is InChI=1S/C16H32O2Si/c1-13(2)19(14(3)4,15(5)6)18-12-16(7)10-8-9-11-17/h8-10,13-15,17H,11-12H2,1-7H3/b9-8+,16-10+. The first-order valence-electron chi connectivity index (χ1n) is 7.36. The first kappa shape index (κ1) is 18.6. The summed E-state index contributed by atoms with van der Waals surface area (Å²) in [6, 6.07) is 0. The molecule has 0 saturated heterocycles. The maximum Gasteiger partial charge on any atom is 0.200 e. The molecule has 0 fully saturated rings. The van der Waals surface area contributed by atoms with Crippen molar-refractivity contribution in [3.05, 3.63) is 23.8 Å². The maximum atomic E-state index is 8.72. The number of rotatable bonds is 8. The predicted octanol–water partition coefficient (Wildman–Crippen LogP) is 4.67. The molecular formula is C16H32O2Si. The third-order valence-electron chi connectivity index (χ3n) is 3.88. The summed E-state index contributed by atoms with van der Waals surface area (Å²) in [6.45, 7) is 16.7. The number of aliphatic hydroxyl groups excluding tert-OH is 1. The Kier molecular flexibility index (Phi) is 8.55. The van der Waals surface area contributed by atoms with E-state index in [2.05, 4.69) is 48.5 Å². The van der Waals surface area contributed by atoms with Crippen LogP contribution >= 0.6 is 0 Å². The fraction of sp³-hybridized carbons (Fsp3) is 0.750. The lowest BCUT2D eigenvalue weighted by atomic mass is 10.3. The van der Waals surface area contributed by atoms with Crippen molar-refractivity contribution >= 4 is 8.32 Å². The molecule has 112 valence electrons. The maximum absolute atomic E-state index is 8.72. The second-order valence-electron chi connectivity index (χ2n) is 6.23. The van der Waals surface area contributed by atoms with E-state index in [0.717, 1.165) is 0 Å². The normalized spacial score (nSPS) is 14.4. The van der Waals surface area contributed by atoms with Crippen LogP contribution in [0.2, 0.25) is 16.6 Å². The molecule has 0 aliphatic rings. The van der Waals surface area contributed by atoms with Gasteiger partial charge in [0.1, 0.15) is 0 Å². The van der Waals surface area contributed by atoms with E-state index < -0.39 is 8.32 Å². The SMILES string of the molecule is C/C(=C\C=C\CO)CO[Si](C(C)C)(C(C)C)C(C)C. The Balaban J connectivity index is 4.86. The number of hydrogen-bond acceptors (Lipinski definition) is 2. The van der Waals surface area contributed by atoms with Crippen LogP contribution in [-0.2, 0) is 4.43 Å². The Hall–Kier alpha value is -0.383. The monoisotopic (exact) mass is 284 g/mol. The number of hydrogen-bond donors (Lipinski definition) is 1. The zero-order valence-corrected chi connectivity index (χ0v) is 14.7. The van der Waals surface area contributed by atoms with Crippen molar-refractivity contribution in [2.45, 2.75) is 65.1 Å². The summed E-state index contributed by atoms with van der Waals surface area (Å²) < 4.78 is 6.48. The van der Waals surface area contributed by atoms with Gasteiger partial charge in [-0.3, -0.25) is 0 Å². The molecule has 3 heteroatoms. The van der Waals surface area contributed by atoms with Crippen LogP contribution in [-0.4, -0.2) is 26.6 Å². The molecule has 0 aliphatic carbocycles. The van der Waals surface area contributed by atoms with Gasteiger partial charge in [-0.15, -0.1) is 0 Å². The van der Waals surface area contributed by atoms with Crippen molar-refractivity contribution in [3.63, 3.8) is 0 Å². The third-order valence-corrected chi connectivity index (χ3v) is 9.94. The summed E-state index contributed by atoms with van der Waals surface area (Å²) in [5.74, 6) is 0. The van der Waals surface area contributed by atoms with E-state index in [1.807, 2.05) is 12.2 Å². The van der Waals surface area contributed by atoms with Crippen LogP contribution in [0.3, 0.4) is 0 Å². The second-order valence-corrected chi connectivity index (χ2v) is 11.7. The lowest BCUT2D eigenvalue weighted by Crippen LogP contribution is -2.48. The molecule has 1 N–H and O–H groups in total. The zero-order valence-electron chi connectivity index (χ0n) is 13.7. The molecule has 0 radical (unpaired) electrons. The Morgan fingerprint density at radius 3 is 1.89 bits per heavy atom. The van der Waals surface area contributed by atoms with Crippen LogP contribution in [0.1, 0.15) is 48.5 Å². The molecule has 0 aromatic carbocycles. The van der Waals surface area contributed by atoms with Crippen LogP contribution in [0, 0.1) is 0 Å². The molecule has 0 aliphatic heterocycles. The average Bonchev–Trinajstić information content (AvgIpc) is 2.28. The third kappa shape index (κ3) is 5.25. The van der Waals surface area contributed by atoms with Crippen molar-refractivity contribution in [1.82, 2.24) is 0 Å². The van der Waals surface area contributed by atoms with Crippen LogP contribution in [0.4, 0.5) is 0 Å². The Bertz CT molecular complexity index is 282. The predicted molar refractivity (Wildman–Crippen MR) is 87.0 cm³/mol. The molecule has 0 aromatic heterocycles. The minimum Gasteiger partial charge on any atom is -0.412 e. The minimum absolute atomic E-state index is 0.0906. The molecule has 0 amide bonds. The molecule has 19 heavy (non-hydrogen) atoms. The first-order chi connectivity index (χ1) is 8.78. The molecule has 0 atom stereocenters. The van der Waals surface area contributed by atoms with Gasteiger partial charge in [0.25, 0.3) is 0 Å². The van der Waals surface area contributed by atoms with Crippen molar-refractivity contribution in [3.8, 4) is 0 Å². The van der Waals surface area contributed by atoms with Gasteiger partial charge in [-0.25, -0.2) is 0 Å². The quantitative estimate of drug-likeness (QED) is 0.518. The van der Waals surface area contributed by atoms with Gasteiger partial charge in [0.05, 0.1) is 13.2 Å². The summed E-state index contributed by atoms with van der Waals surface area (Å²) in [7, 11) is -1.75. The number of aliphatic hydroxyl groups is 1. The molecule has 0 aromatic rings. The molecule has 0 bridgehead atoms. The van der Waals surface area contributed by atoms with Crippen molar-refractivity contribution < 1.29 is 9.53 Å². The smallest absolute Gasteiger partial charge is 0.200 e. The minimum atomic E-state index is -1.75. The van der Waals surface area contributed by atoms with Gasteiger partial charge in [0.2, 0.25) is 8.32 Å². The van der Waals surface area contributed by atoms with Crippen molar-refractivity contribution in [2.75, 3.05) is 13.2 Å². The van der Waals surface area contributed by atoms with Crippen LogP contribution in [0.25, 0.3) is 0 Å². The van der Waals surface area contributed by atoms with Crippen LogP contribution in [0.15, 0.2) is 23.8 Å². The van der Waals surface area contributed by atoms with Gasteiger partial charge in [-0.1, -0.05) is 59.8 Å². The second kappa shape index (κ2) is 8.72. The molecule has 0 saturated carbocycles. The Morgan fingerprint density at radius 1 is 1.05 bits per heavy atom. The van der Waals surface area contributed by atoms with Crippen LogP contribution < -0.4 is 0 Å². The summed E-state index contributed by atoms with van der Waals surface area (Å²) >= 11 is 0. The fourth-order valence-electron chi connectivity index (χ4n) is 3.08. The summed E-state index contributed by atoms with van der Waals surface area (Å²) in [5, 5.41) is 8.72. The van der Waals surface area contributed by atoms with E-state index in [9.17, 15) is 0 Å². The van der Waals surface area contributed by atoms with E-state index in [0.29, 0.717) is 23.2 Å². The summed E-state index contributed by atoms with van der Waals surface area (Å²) in [4.78, 5) is 0. The lowest BCUT2D eigenvalue weighted by molar-refractivity contribution is 0.307. The van der Waals surface area contributed by atoms with Crippen LogP contribution in [0.5, 0.6) is 0 Å². The van der Waals surface area contributed by atoms with E-state index in [4.69, 9.17) is 9.53 Å². The van der Waals surface area contributed by atoms with Gasteiger partial charge in [0, 0.05) is 0 Å². The molecular weight excluding hydrogens is 252 g/mol. The van der Waals surface area contributed by atoms with Gasteiger partial charge in [-0.05, 0) is 29.1 Å². The van der Waals surface area contributed by atoms with Gasteiger partial charge in [0.15, 0.2) is 0 Å². The fourth-order valence-corrected chi connectivity index (χ4v) is 8.56. The molecule has 0 heterocycles. The van der Waals surface area contributed by atoms with E-state index in [-0.39, 0.29) is 6.61 Å². The Labute approximate surface area is 120 Å². The topological polar surface area (TPSA) is 29.5 Å². The van der Waals surface area contributed by atoms with Gasteiger partial charge < -0.3 is 9.53 Å². The molecule has 0 unspecified atom stereocenters. The van der Waals surface area contributed by atoms with E-state index in [1.165, 1.54) is 5.57 Å². The largest absolute Gasteiger partial charge is 0.412 e. The number of allylic oxidation sites excluding steroid dienone is 2. The molecule has 2 nitrogen and oxygen atoms in total. The highest BCUT2D eigenvalue weighted by Gasteiger charge is 2.44. The first-order valence-corrected chi connectivity index (χ1v) is 9.50.